The van der Waals surface area contributed by atoms with Gasteiger partial charge in [-0.25, -0.2) is 0 Å². The fourth-order valence-corrected chi connectivity index (χ4v) is 4.99. The van der Waals surface area contributed by atoms with Crippen molar-refractivity contribution in [3.63, 3.8) is 0 Å². The zero-order chi connectivity index (χ0) is 28.8. The minimum atomic E-state index is -0.810. The Morgan fingerprint density at radius 1 is 1.10 bits per heavy atom. The van der Waals surface area contributed by atoms with E-state index >= 15 is 0 Å². The number of nitrogens with zero attached hydrogens (tertiary/aromatic N) is 2. The number of hydrogen-bond donors (Lipinski definition) is 1. The van der Waals surface area contributed by atoms with Crippen LogP contribution in [0.15, 0.2) is 54.6 Å². The summed E-state index contributed by atoms with van der Waals surface area (Å²) in [5.74, 6) is 0.0334. The van der Waals surface area contributed by atoms with Crippen LogP contribution in [-0.2, 0) is 14.3 Å². The Morgan fingerprint density at radius 3 is 2.48 bits per heavy atom. The summed E-state index contributed by atoms with van der Waals surface area (Å²) in [6, 6.07) is 9.69. The number of likely N-dealkylation sites (tertiary alicyclic amines) is 1. The van der Waals surface area contributed by atoms with Crippen LogP contribution in [0.5, 0.6) is 17.2 Å². The van der Waals surface area contributed by atoms with Crippen LogP contribution in [-0.4, -0.2) is 85.8 Å². The number of rotatable bonds is 11. The Hall–Kier alpha value is -3.82. The Balaban J connectivity index is 1.77. The average Bonchev–Trinajstić information content (AvgIpc) is 3.20. The van der Waals surface area contributed by atoms with Crippen LogP contribution in [0.1, 0.15) is 36.6 Å². The van der Waals surface area contributed by atoms with Crippen LogP contribution in [0.2, 0.25) is 0 Å². The molecule has 0 bridgehead atoms. The quantitative estimate of drug-likeness (QED) is 0.193. The maximum absolute atomic E-state index is 13.5. The van der Waals surface area contributed by atoms with Crippen molar-refractivity contribution in [2.24, 2.45) is 0 Å². The molecular formula is C31H38N2O7. The minimum absolute atomic E-state index is 0.0108. The molecule has 2 aromatic rings. The van der Waals surface area contributed by atoms with Crippen molar-refractivity contribution in [1.82, 2.24) is 9.80 Å². The maximum atomic E-state index is 13.5. The van der Waals surface area contributed by atoms with E-state index in [-0.39, 0.29) is 17.4 Å². The molecule has 2 heterocycles. The second-order valence-electron chi connectivity index (χ2n) is 10.1. The van der Waals surface area contributed by atoms with E-state index in [1.54, 1.807) is 42.5 Å². The lowest BCUT2D eigenvalue weighted by Gasteiger charge is -2.31. The van der Waals surface area contributed by atoms with Gasteiger partial charge in [-0.3, -0.25) is 14.5 Å². The number of ether oxygens (including phenoxy) is 4. The fourth-order valence-electron chi connectivity index (χ4n) is 4.99. The zero-order valence-electron chi connectivity index (χ0n) is 23.6. The second kappa shape index (κ2) is 13.0. The molecule has 1 N–H and O–H groups in total. The first-order valence-electron chi connectivity index (χ1n) is 13.5. The molecule has 1 amide bonds. The number of morpholine rings is 1. The van der Waals surface area contributed by atoms with Gasteiger partial charge in [0.25, 0.3) is 11.7 Å². The van der Waals surface area contributed by atoms with Crippen LogP contribution in [0, 0.1) is 6.92 Å². The van der Waals surface area contributed by atoms with E-state index in [0.29, 0.717) is 61.3 Å². The summed E-state index contributed by atoms with van der Waals surface area (Å²) in [5, 5.41) is 11.5. The van der Waals surface area contributed by atoms with Gasteiger partial charge in [-0.05, 0) is 62.2 Å². The molecule has 214 valence electrons. The molecule has 0 aromatic heterocycles. The molecule has 2 aliphatic rings. The summed E-state index contributed by atoms with van der Waals surface area (Å²) in [7, 11) is 1.53. The Bertz CT molecular complexity index is 1280. The number of benzene rings is 2. The van der Waals surface area contributed by atoms with Gasteiger partial charge in [-0.15, -0.1) is 0 Å². The SMILES string of the molecule is C=CCOc1ccc(C2C(=C(O)c3ccc(OC(C)C)c(C)c3)C(=O)C(=O)N2CCN2CCOCC2)cc1OC. The molecule has 0 aliphatic carbocycles. The lowest BCUT2D eigenvalue weighted by atomic mass is 9.94. The van der Waals surface area contributed by atoms with E-state index in [9.17, 15) is 14.7 Å². The van der Waals surface area contributed by atoms with E-state index in [1.807, 2.05) is 20.8 Å². The molecule has 2 fully saturated rings. The second-order valence-corrected chi connectivity index (χ2v) is 10.1. The number of hydrogen-bond acceptors (Lipinski definition) is 8. The highest BCUT2D eigenvalue weighted by molar-refractivity contribution is 6.46. The number of methoxy groups -OCH3 is 1. The number of carbonyl (C=O) groups excluding carboxylic acids is 2. The third-order valence-corrected chi connectivity index (χ3v) is 6.97. The van der Waals surface area contributed by atoms with Gasteiger partial charge in [0.05, 0.1) is 38.0 Å². The third-order valence-electron chi connectivity index (χ3n) is 6.97. The van der Waals surface area contributed by atoms with E-state index in [4.69, 9.17) is 18.9 Å². The van der Waals surface area contributed by atoms with Crippen molar-refractivity contribution in [2.75, 3.05) is 53.1 Å². The third kappa shape index (κ3) is 6.32. The number of aliphatic hydroxyl groups excluding tert-OH is 1. The van der Waals surface area contributed by atoms with E-state index in [2.05, 4.69) is 11.5 Å². The number of carbonyl (C=O) groups is 2. The van der Waals surface area contributed by atoms with Gasteiger partial charge in [-0.2, -0.15) is 0 Å². The zero-order valence-corrected chi connectivity index (χ0v) is 23.6. The molecular weight excluding hydrogens is 512 g/mol. The highest BCUT2D eigenvalue weighted by Gasteiger charge is 2.46. The molecule has 0 spiro atoms. The number of Topliss-reactive ketones (excluding diaryl/α,β-unsaturated/α-hetero) is 1. The van der Waals surface area contributed by atoms with Crippen molar-refractivity contribution in [3.8, 4) is 17.2 Å². The van der Waals surface area contributed by atoms with Gasteiger partial charge in [0.1, 0.15) is 18.1 Å². The summed E-state index contributed by atoms with van der Waals surface area (Å²) in [4.78, 5) is 30.6. The van der Waals surface area contributed by atoms with Crippen LogP contribution in [0.25, 0.3) is 5.76 Å². The summed E-state index contributed by atoms with van der Waals surface area (Å²) in [6.45, 7) is 13.4. The number of amides is 1. The Morgan fingerprint density at radius 2 is 1.82 bits per heavy atom. The van der Waals surface area contributed by atoms with Gasteiger partial charge in [0, 0.05) is 31.7 Å². The Labute approximate surface area is 235 Å². The lowest BCUT2D eigenvalue weighted by molar-refractivity contribution is -0.140. The number of ketones is 1. The first-order chi connectivity index (χ1) is 19.2. The number of aryl methyl sites for hydroxylation is 1. The van der Waals surface area contributed by atoms with E-state index in [1.165, 1.54) is 12.0 Å². The summed E-state index contributed by atoms with van der Waals surface area (Å²) >= 11 is 0. The standard InChI is InChI=1S/C31H38N2O7/c1-6-15-39-25-10-7-22(19-26(25)37-5)28-27(29(34)23-8-9-24(21(4)18-23)40-20(2)3)30(35)31(36)33(28)12-11-32-13-16-38-17-14-32/h6-10,18-20,28,34H,1,11-17H2,2-5H3. The maximum Gasteiger partial charge on any atom is 0.295 e. The molecule has 1 atom stereocenters. The Kier molecular flexibility index (Phi) is 9.50. The molecule has 0 radical (unpaired) electrons. The van der Waals surface area contributed by atoms with Crippen LogP contribution in [0.4, 0.5) is 0 Å². The molecule has 4 rings (SSSR count). The molecule has 1 unspecified atom stereocenters. The van der Waals surface area contributed by atoms with Gasteiger partial charge >= 0.3 is 0 Å². The molecule has 40 heavy (non-hydrogen) atoms. The van der Waals surface area contributed by atoms with E-state index in [0.717, 1.165) is 18.7 Å². The van der Waals surface area contributed by atoms with Crippen LogP contribution >= 0.6 is 0 Å². The van der Waals surface area contributed by atoms with Crippen molar-refractivity contribution in [2.45, 2.75) is 32.9 Å². The van der Waals surface area contributed by atoms with Crippen LogP contribution < -0.4 is 14.2 Å². The largest absolute Gasteiger partial charge is 0.507 e. The van der Waals surface area contributed by atoms with Crippen molar-refractivity contribution in [1.29, 1.82) is 0 Å². The van der Waals surface area contributed by atoms with Crippen LogP contribution in [0.3, 0.4) is 0 Å². The summed E-state index contributed by atoms with van der Waals surface area (Å²) < 4.78 is 22.5. The molecule has 2 saturated heterocycles. The predicted molar refractivity (Wildman–Crippen MR) is 152 cm³/mol. The molecule has 2 aromatic carbocycles. The van der Waals surface area contributed by atoms with Gasteiger partial charge in [0.15, 0.2) is 11.5 Å². The predicted octanol–water partition coefficient (Wildman–Crippen LogP) is 4.11. The molecule has 9 nitrogen and oxygen atoms in total. The highest BCUT2D eigenvalue weighted by atomic mass is 16.5. The molecule has 0 saturated carbocycles. The van der Waals surface area contributed by atoms with Gasteiger partial charge < -0.3 is 29.0 Å². The molecule has 2 aliphatic heterocycles. The smallest absolute Gasteiger partial charge is 0.295 e. The lowest BCUT2D eigenvalue weighted by Crippen LogP contribution is -2.42. The average molecular weight is 551 g/mol. The topological polar surface area (TPSA) is 97.8 Å². The summed E-state index contributed by atoms with van der Waals surface area (Å²) in [5.41, 5.74) is 1.90. The van der Waals surface area contributed by atoms with Gasteiger partial charge in [-0.1, -0.05) is 18.7 Å². The fraction of sp³-hybridized carbons (Fsp3) is 0.419. The normalized spacial score (nSPS) is 19.2. The monoisotopic (exact) mass is 550 g/mol. The first kappa shape index (κ1) is 29.2. The van der Waals surface area contributed by atoms with Crippen molar-refractivity contribution >= 4 is 17.4 Å². The molecule has 9 heteroatoms. The van der Waals surface area contributed by atoms with Crippen molar-refractivity contribution in [3.05, 3.63) is 71.3 Å². The first-order valence-corrected chi connectivity index (χ1v) is 13.5. The van der Waals surface area contributed by atoms with Crippen molar-refractivity contribution < 1.29 is 33.6 Å². The van der Waals surface area contributed by atoms with E-state index < -0.39 is 17.7 Å². The highest BCUT2D eigenvalue weighted by Crippen LogP contribution is 2.42. The minimum Gasteiger partial charge on any atom is -0.507 e. The number of aliphatic hydroxyl groups is 1. The van der Waals surface area contributed by atoms with Gasteiger partial charge in [0.2, 0.25) is 0 Å². The summed E-state index contributed by atoms with van der Waals surface area (Å²) in [6.07, 6.45) is 1.62.